The zero-order chi connectivity index (χ0) is 10.6. The van der Waals surface area contributed by atoms with Crippen LogP contribution in [0.2, 0.25) is 0 Å². The highest BCUT2D eigenvalue weighted by atomic mass is 16.3. The number of aromatic nitrogens is 2. The van der Waals surface area contributed by atoms with Crippen molar-refractivity contribution in [3.63, 3.8) is 0 Å². The van der Waals surface area contributed by atoms with Crippen LogP contribution in [0.15, 0.2) is 6.07 Å². The van der Waals surface area contributed by atoms with Gasteiger partial charge in [-0.05, 0) is 27.0 Å². The van der Waals surface area contributed by atoms with Crippen molar-refractivity contribution in [3.05, 3.63) is 17.5 Å². The SMILES string of the molecule is CCn1nc(C)cc1CN(C)CCO. The molecule has 0 aromatic carbocycles. The Hall–Kier alpha value is -0.870. The number of likely N-dealkylation sites (N-methyl/N-ethyl adjacent to an activating group) is 1. The summed E-state index contributed by atoms with van der Waals surface area (Å²) in [5, 5.41) is 13.2. The summed E-state index contributed by atoms with van der Waals surface area (Å²) >= 11 is 0. The van der Waals surface area contributed by atoms with Crippen molar-refractivity contribution in [2.75, 3.05) is 20.2 Å². The van der Waals surface area contributed by atoms with E-state index >= 15 is 0 Å². The topological polar surface area (TPSA) is 41.3 Å². The fourth-order valence-electron chi connectivity index (χ4n) is 1.53. The van der Waals surface area contributed by atoms with Crippen LogP contribution in [0.5, 0.6) is 0 Å². The van der Waals surface area contributed by atoms with Gasteiger partial charge in [-0.15, -0.1) is 0 Å². The largest absolute Gasteiger partial charge is 0.395 e. The fraction of sp³-hybridized carbons (Fsp3) is 0.700. The molecule has 4 nitrogen and oxygen atoms in total. The van der Waals surface area contributed by atoms with Crippen LogP contribution in [0.1, 0.15) is 18.3 Å². The summed E-state index contributed by atoms with van der Waals surface area (Å²) in [4.78, 5) is 2.09. The third-order valence-electron chi connectivity index (χ3n) is 2.20. The van der Waals surface area contributed by atoms with E-state index in [4.69, 9.17) is 5.11 Å². The number of aliphatic hydroxyl groups excluding tert-OH is 1. The first-order chi connectivity index (χ1) is 6.67. The molecule has 80 valence electrons. The van der Waals surface area contributed by atoms with E-state index in [1.807, 2.05) is 18.7 Å². The van der Waals surface area contributed by atoms with E-state index in [9.17, 15) is 0 Å². The van der Waals surface area contributed by atoms with Crippen molar-refractivity contribution < 1.29 is 5.11 Å². The van der Waals surface area contributed by atoms with Crippen LogP contribution in [0, 0.1) is 6.92 Å². The summed E-state index contributed by atoms with van der Waals surface area (Å²) in [6, 6.07) is 2.09. The second-order valence-corrected chi connectivity index (χ2v) is 3.55. The van der Waals surface area contributed by atoms with Gasteiger partial charge in [0.15, 0.2) is 0 Å². The highest BCUT2D eigenvalue weighted by Gasteiger charge is 2.06. The first-order valence-electron chi connectivity index (χ1n) is 5.00. The Labute approximate surface area is 85.1 Å². The highest BCUT2D eigenvalue weighted by molar-refractivity contribution is 5.08. The van der Waals surface area contributed by atoms with Gasteiger partial charge in [0.25, 0.3) is 0 Å². The summed E-state index contributed by atoms with van der Waals surface area (Å²) in [6.45, 7) is 6.73. The van der Waals surface area contributed by atoms with Gasteiger partial charge in [0.1, 0.15) is 0 Å². The molecule has 0 saturated heterocycles. The molecule has 0 fully saturated rings. The van der Waals surface area contributed by atoms with Crippen LogP contribution >= 0.6 is 0 Å². The molecule has 1 N–H and O–H groups in total. The normalized spacial score (nSPS) is 11.2. The Kier molecular flexibility index (Phi) is 4.10. The van der Waals surface area contributed by atoms with Crippen molar-refractivity contribution in [2.24, 2.45) is 0 Å². The molecule has 1 heterocycles. The molecule has 0 amide bonds. The maximum absolute atomic E-state index is 8.78. The lowest BCUT2D eigenvalue weighted by Gasteiger charge is -2.15. The van der Waals surface area contributed by atoms with Crippen molar-refractivity contribution >= 4 is 0 Å². The Morgan fingerprint density at radius 2 is 2.29 bits per heavy atom. The molecular formula is C10H19N3O. The predicted molar refractivity (Wildman–Crippen MR) is 56.1 cm³/mol. The van der Waals surface area contributed by atoms with Gasteiger partial charge in [0.2, 0.25) is 0 Å². The van der Waals surface area contributed by atoms with Gasteiger partial charge in [-0.25, -0.2) is 0 Å². The van der Waals surface area contributed by atoms with Crippen LogP contribution in [-0.4, -0.2) is 40.0 Å². The molecule has 0 unspecified atom stereocenters. The Morgan fingerprint density at radius 1 is 1.57 bits per heavy atom. The second-order valence-electron chi connectivity index (χ2n) is 3.55. The van der Waals surface area contributed by atoms with Crippen molar-refractivity contribution in [1.82, 2.24) is 14.7 Å². The quantitative estimate of drug-likeness (QED) is 0.753. The van der Waals surface area contributed by atoms with Crippen molar-refractivity contribution in [1.29, 1.82) is 0 Å². The summed E-state index contributed by atoms with van der Waals surface area (Å²) in [5.41, 5.74) is 2.26. The molecule has 0 spiro atoms. The fourth-order valence-corrected chi connectivity index (χ4v) is 1.53. The summed E-state index contributed by atoms with van der Waals surface area (Å²) in [6.07, 6.45) is 0. The molecule has 0 aliphatic heterocycles. The molecular weight excluding hydrogens is 178 g/mol. The van der Waals surface area contributed by atoms with Crippen LogP contribution in [0.25, 0.3) is 0 Å². The van der Waals surface area contributed by atoms with E-state index in [2.05, 4.69) is 23.0 Å². The minimum atomic E-state index is 0.204. The van der Waals surface area contributed by atoms with Gasteiger partial charge in [0.05, 0.1) is 18.0 Å². The predicted octanol–water partition coefficient (Wildman–Crippen LogP) is 0.636. The average molecular weight is 197 g/mol. The van der Waals surface area contributed by atoms with Crippen LogP contribution in [0.4, 0.5) is 0 Å². The average Bonchev–Trinajstić information content (AvgIpc) is 2.46. The standard InChI is InChI=1S/C10H19N3O/c1-4-13-10(7-9(2)11-13)8-12(3)5-6-14/h7,14H,4-6,8H2,1-3H3. The molecule has 0 bridgehead atoms. The van der Waals surface area contributed by atoms with Gasteiger partial charge < -0.3 is 5.11 Å². The second kappa shape index (κ2) is 5.12. The van der Waals surface area contributed by atoms with E-state index in [0.717, 1.165) is 18.8 Å². The molecule has 1 aromatic heterocycles. The first kappa shape index (κ1) is 11.2. The molecule has 0 atom stereocenters. The van der Waals surface area contributed by atoms with Gasteiger partial charge in [0, 0.05) is 19.6 Å². The van der Waals surface area contributed by atoms with Crippen molar-refractivity contribution in [2.45, 2.75) is 26.9 Å². The van der Waals surface area contributed by atoms with E-state index in [1.54, 1.807) is 0 Å². The van der Waals surface area contributed by atoms with E-state index in [-0.39, 0.29) is 6.61 Å². The zero-order valence-electron chi connectivity index (χ0n) is 9.19. The molecule has 0 saturated carbocycles. The monoisotopic (exact) mass is 197 g/mol. The third-order valence-corrected chi connectivity index (χ3v) is 2.20. The van der Waals surface area contributed by atoms with Crippen molar-refractivity contribution in [3.8, 4) is 0 Å². The molecule has 0 aliphatic carbocycles. The minimum absolute atomic E-state index is 0.204. The summed E-state index contributed by atoms with van der Waals surface area (Å²) < 4.78 is 2.00. The van der Waals surface area contributed by atoms with Gasteiger partial charge in [-0.3, -0.25) is 9.58 Å². The van der Waals surface area contributed by atoms with E-state index in [1.165, 1.54) is 5.69 Å². The lowest BCUT2D eigenvalue weighted by Crippen LogP contribution is -2.23. The van der Waals surface area contributed by atoms with Crippen LogP contribution in [-0.2, 0) is 13.1 Å². The number of aliphatic hydroxyl groups is 1. The number of hydrogen-bond donors (Lipinski definition) is 1. The Morgan fingerprint density at radius 3 is 2.86 bits per heavy atom. The number of aryl methyl sites for hydroxylation is 2. The lowest BCUT2D eigenvalue weighted by molar-refractivity contribution is 0.214. The van der Waals surface area contributed by atoms with Crippen LogP contribution in [0.3, 0.4) is 0 Å². The van der Waals surface area contributed by atoms with E-state index in [0.29, 0.717) is 6.54 Å². The summed E-state index contributed by atoms with van der Waals surface area (Å²) in [7, 11) is 2.00. The highest BCUT2D eigenvalue weighted by Crippen LogP contribution is 2.06. The first-order valence-corrected chi connectivity index (χ1v) is 5.00. The molecule has 14 heavy (non-hydrogen) atoms. The molecule has 0 radical (unpaired) electrons. The maximum atomic E-state index is 8.78. The van der Waals surface area contributed by atoms with Crippen LogP contribution < -0.4 is 0 Å². The Balaban J connectivity index is 2.65. The third kappa shape index (κ3) is 2.82. The molecule has 1 rings (SSSR count). The van der Waals surface area contributed by atoms with Gasteiger partial charge in [-0.1, -0.05) is 0 Å². The maximum Gasteiger partial charge on any atom is 0.0597 e. The molecule has 1 aromatic rings. The number of hydrogen-bond acceptors (Lipinski definition) is 3. The number of nitrogens with zero attached hydrogens (tertiary/aromatic N) is 3. The minimum Gasteiger partial charge on any atom is -0.395 e. The van der Waals surface area contributed by atoms with Gasteiger partial charge in [-0.2, -0.15) is 5.10 Å². The summed E-state index contributed by atoms with van der Waals surface area (Å²) in [5.74, 6) is 0. The molecule has 0 aliphatic rings. The smallest absolute Gasteiger partial charge is 0.0597 e. The Bertz CT molecular complexity index is 283. The lowest BCUT2D eigenvalue weighted by atomic mass is 10.3. The van der Waals surface area contributed by atoms with Gasteiger partial charge >= 0.3 is 0 Å². The van der Waals surface area contributed by atoms with E-state index < -0.39 is 0 Å². The number of rotatable bonds is 5. The molecule has 4 heteroatoms. The zero-order valence-corrected chi connectivity index (χ0v) is 9.19.